The number of hydrogen-bond donors (Lipinski definition) is 2. The second-order valence-electron chi connectivity index (χ2n) is 5.78. The second kappa shape index (κ2) is 4.83. The molecular formula is C15H19FN2O. The van der Waals surface area contributed by atoms with Crippen LogP contribution in [0.3, 0.4) is 0 Å². The summed E-state index contributed by atoms with van der Waals surface area (Å²) in [5.74, 6) is 1.63. The number of rotatable bonds is 5. The van der Waals surface area contributed by atoms with Crippen LogP contribution in [0.5, 0.6) is 0 Å². The number of benzene rings is 1. The van der Waals surface area contributed by atoms with Crippen LogP contribution >= 0.6 is 0 Å². The molecular weight excluding hydrogens is 243 g/mol. The van der Waals surface area contributed by atoms with Crippen molar-refractivity contribution in [3.05, 3.63) is 29.6 Å². The highest BCUT2D eigenvalue weighted by Gasteiger charge is 2.41. The Morgan fingerprint density at radius 3 is 2.47 bits per heavy atom. The Kier molecular flexibility index (Phi) is 3.17. The van der Waals surface area contributed by atoms with Gasteiger partial charge in [0, 0.05) is 12.2 Å². The number of nitrogens with two attached hydrogens (primary N) is 1. The highest BCUT2D eigenvalue weighted by atomic mass is 19.1. The van der Waals surface area contributed by atoms with E-state index in [1.807, 2.05) is 0 Å². The molecule has 0 radical (unpaired) electrons. The van der Waals surface area contributed by atoms with Crippen molar-refractivity contribution in [1.82, 2.24) is 5.32 Å². The van der Waals surface area contributed by atoms with E-state index >= 15 is 0 Å². The van der Waals surface area contributed by atoms with Crippen molar-refractivity contribution in [1.29, 1.82) is 0 Å². The monoisotopic (exact) mass is 262 g/mol. The largest absolute Gasteiger partial charge is 0.398 e. The molecule has 102 valence electrons. The van der Waals surface area contributed by atoms with Crippen molar-refractivity contribution in [2.24, 2.45) is 17.8 Å². The van der Waals surface area contributed by atoms with Crippen molar-refractivity contribution in [3.8, 4) is 0 Å². The van der Waals surface area contributed by atoms with Crippen molar-refractivity contribution in [3.63, 3.8) is 0 Å². The third-order valence-corrected chi connectivity index (χ3v) is 4.21. The summed E-state index contributed by atoms with van der Waals surface area (Å²) in [7, 11) is 0. The van der Waals surface area contributed by atoms with Gasteiger partial charge in [-0.3, -0.25) is 4.79 Å². The quantitative estimate of drug-likeness (QED) is 0.801. The normalized spacial score (nSPS) is 18.6. The summed E-state index contributed by atoms with van der Waals surface area (Å²) in [4.78, 5) is 12.1. The van der Waals surface area contributed by atoms with Crippen molar-refractivity contribution in [2.45, 2.75) is 25.7 Å². The van der Waals surface area contributed by atoms with Crippen molar-refractivity contribution in [2.75, 3.05) is 12.3 Å². The molecule has 0 unspecified atom stereocenters. The van der Waals surface area contributed by atoms with Crippen LogP contribution in [0.4, 0.5) is 10.1 Å². The van der Waals surface area contributed by atoms with Gasteiger partial charge in [0.25, 0.3) is 5.91 Å². The number of carbonyl (C=O) groups excluding carboxylic acids is 1. The van der Waals surface area contributed by atoms with Crippen LogP contribution in [0.1, 0.15) is 36.0 Å². The number of nitrogen functional groups attached to an aromatic ring is 1. The molecule has 0 aliphatic heterocycles. The van der Waals surface area contributed by atoms with E-state index in [-0.39, 0.29) is 11.6 Å². The molecule has 1 aromatic rings. The topological polar surface area (TPSA) is 55.1 Å². The van der Waals surface area contributed by atoms with Crippen LogP contribution in [-0.4, -0.2) is 12.5 Å². The molecule has 3 rings (SSSR count). The Balaban J connectivity index is 1.61. The third-order valence-electron chi connectivity index (χ3n) is 4.21. The van der Waals surface area contributed by atoms with Gasteiger partial charge < -0.3 is 11.1 Å². The number of anilines is 1. The molecule has 1 aromatic carbocycles. The van der Waals surface area contributed by atoms with Gasteiger partial charge in [0.1, 0.15) is 5.82 Å². The summed E-state index contributed by atoms with van der Waals surface area (Å²) in [5.41, 5.74) is 6.24. The number of amides is 1. The standard InChI is InChI=1S/C15H19FN2O/c16-11-5-6-12(14(17)7-11)15(19)18-8-13(9-1-2-9)10-3-4-10/h5-7,9-10,13H,1-4,8,17H2,(H,18,19). The van der Waals surface area contributed by atoms with Gasteiger partial charge in [0.15, 0.2) is 0 Å². The first-order valence-electron chi connectivity index (χ1n) is 6.98. The van der Waals surface area contributed by atoms with Crippen LogP contribution in [-0.2, 0) is 0 Å². The Morgan fingerprint density at radius 1 is 1.32 bits per heavy atom. The molecule has 2 aliphatic rings. The van der Waals surface area contributed by atoms with E-state index in [2.05, 4.69) is 5.32 Å². The molecule has 2 fully saturated rings. The Hall–Kier alpha value is -1.58. The number of nitrogens with one attached hydrogen (secondary N) is 1. The first kappa shape index (κ1) is 12.5. The van der Waals surface area contributed by atoms with Crippen LogP contribution in [0.2, 0.25) is 0 Å². The van der Waals surface area contributed by atoms with Gasteiger partial charge in [-0.2, -0.15) is 0 Å². The lowest BCUT2D eigenvalue weighted by Crippen LogP contribution is -2.31. The molecule has 2 saturated carbocycles. The summed E-state index contributed by atoms with van der Waals surface area (Å²) in [6, 6.07) is 3.90. The predicted octanol–water partition coefficient (Wildman–Crippen LogP) is 2.57. The van der Waals surface area contributed by atoms with Crippen LogP contribution < -0.4 is 11.1 Å². The van der Waals surface area contributed by atoms with Gasteiger partial charge in [0.05, 0.1) is 5.56 Å². The van der Waals surface area contributed by atoms with Gasteiger partial charge in [-0.15, -0.1) is 0 Å². The molecule has 0 heterocycles. The zero-order valence-electron chi connectivity index (χ0n) is 10.9. The zero-order valence-corrected chi connectivity index (χ0v) is 10.9. The van der Waals surface area contributed by atoms with E-state index in [9.17, 15) is 9.18 Å². The molecule has 2 aliphatic carbocycles. The Morgan fingerprint density at radius 2 is 1.95 bits per heavy atom. The maximum absolute atomic E-state index is 12.9. The predicted molar refractivity (Wildman–Crippen MR) is 72.1 cm³/mol. The van der Waals surface area contributed by atoms with Crippen LogP contribution in [0, 0.1) is 23.6 Å². The first-order chi connectivity index (χ1) is 9.15. The van der Waals surface area contributed by atoms with Crippen LogP contribution in [0.15, 0.2) is 18.2 Å². The maximum atomic E-state index is 12.9. The van der Waals surface area contributed by atoms with E-state index in [1.54, 1.807) is 0 Å². The fraction of sp³-hybridized carbons (Fsp3) is 0.533. The van der Waals surface area contributed by atoms with Crippen LogP contribution in [0.25, 0.3) is 0 Å². The lowest BCUT2D eigenvalue weighted by molar-refractivity contribution is 0.0944. The zero-order chi connectivity index (χ0) is 13.4. The van der Waals surface area contributed by atoms with E-state index < -0.39 is 5.82 Å². The second-order valence-corrected chi connectivity index (χ2v) is 5.78. The summed E-state index contributed by atoms with van der Waals surface area (Å²) in [6.07, 6.45) is 5.21. The minimum Gasteiger partial charge on any atom is -0.398 e. The number of halogens is 1. The highest BCUT2D eigenvalue weighted by molar-refractivity contribution is 5.99. The molecule has 4 heteroatoms. The number of carbonyl (C=O) groups is 1. The molecule has 19 heavy (non-hydrogen) atoms. The molecule has 0 saturated heterocycles. The molecule has 0 aromatic heterocycles. The van der Waals surface area contributed by atoms with E-state index in [0.717, 1.165) is 18.4 Å². The molecule has 0 bridgehead atoms. The van der Waals surface area contributed by atoms with Gasteiger partial charge >= 0.3 is 0 Å². The summed E-state index contributed by atoms with van der Waals surface area (Å²) >= 11 is 0. The van der Waals surface area contributed by atoms with Gasteiger partial charge in [-0.1, -0.05) is 0 Å². The summed E-state index contributed by atoms with van der Waals surface area (Å²) < 4.78 is 12.9. The lowest BCUT2D eigenvalue weighted by atomic mass is 9.98. The van der Waals surface area contributed by atoms with Gasteiger partial charge in [0.2, 0.25) is 0 Å². The average Bonchev–Trinajstić information content (AvgIpc) is 3.23. The Labute approximate surface area is 112 Å². The molecule has 0 atom stereocenters. The van der Waals surface area contributed by atoms with Crippen molar-refractivity contribution < 1.29 is 9.18 Å². The maximum Gasteiger partial charge on any atom is 0.253 e. The fourth-order valence-corrected chi connectivity index (χ4v) is 2.81. The van der Waals surface area contributed by atoms with Crippen molar-refractivity contribution >= 4 is 11.6 Å². The Bertz CT molecular complexity index is 483. The molecule has 3 nitrogen and oxygen atoms in total. The SMILES string of the molecule is Nc1cc(F)ccc1C(=O)NCC(C1CC1)C1CC1. The summed E-state index contributed by atoms with van der Waals surface area (Å²) in [5, 5.41) is 2.96. The van der Waals surface area contributed by atoms with Gasteiger partial charge in [-0.05, 0) is 61.6 Å². The summed E-state index contributed by atoms with van der Waals surface area (Å²) in [6.45, 7) is 0.727. The van der Waals surface area contributed by atoms with E-state index in [0.29, 0.717) is 11.5 Å². The third kappa shape index (κ3) is 2.88. The van der Waals surface area contributed by atoms with E-state index in [4.69, 9.17) is 5.73 Å². The molecule has 0 spiro atoms. The molecule has 1 amide bonds. The van der Waals surface area contributed by atoms with E-state index in [1.165, 1.54) is 43.9 Å². The van der Waals surface area contributed by atoms with Gasteiger partial charge in [-0.25, -0.2) is 4.39 Å². The highest BCUT2D eigenvalue weighted by Crippen LogP contribution is 2.48. The lowest BCUT2D eigenvalue weighted by Gasteiger charge is -2.16. The minimum absolute atomic E-state index is 0.191. The smallest absolute Gasteiger partial charge is 0.253 e. The number of hydrogen-bond acceptors (Lipinski definition) is 2. The first-order valence-corrected chi connectivity index (χ1v) is 6.98. The minimum atomic E-state index is -0.414. The fourth-order valence-electron chi connectivity index (χ4n) is 2.81. The molecule has 3 N–H and O–H groups in total. The average molecular weight is 262 g/mol.